The fourth-order valence-corrected chi connectivity index (χ4v) is 5.33. The van der Waals surface area contributed by atoms with Crippen molar-refractivity contribution < 1.29 is 0 Å². The quantitative estimate of drug-likeness (QED) is 0.431. The lowest BCUT2D eigenvalue weighted by Gasteiger charge is -2.08. The highest BCUT2D eigenvalue weighted by atomic mass is 35.5. The molecule has 0 aliphatic rings. The molecule has 0 atom stereocenters. The zero-order chi connectivity index (χ0) is 21.7. The second-order valence-corrected chi connectivity index (χ2v) is 8.54. The van der Waals surface area contributed by atoms with Crippen LogP contribution in [0.15, 0.2) is 47.4 Å². The second kappa shape index (κ2) is 7.32. The van der Waals surface area contributed by atoms with Crippen LogP contribution in [-0.4, -0.2) is 20.0 Å². The van der Waals surface area contributed by atoms with Crippen LogP contribution in [-0.2, 0) is 13.6 Å². The van der Waals surface area contributed by atoms with E-state index in [2.05, 4.69) is 21.4 Å². The van der Waals surface area contributed by atoms with Gasteiger partial charge in [-0.25, -0.2) is 5.10 Å². The highest BCUT2D eigenvalue weighted by Crippen LogP contribution is 2.43. The van der Waals surface area contributed by atoms with Gasteiger partial charge in [-0.15, -0.1) is 11.3 Å². The number of hydrogen-bond acceptors (Lipinski definition) is 6. The topological polar surface area (TPSA) is 113 Å². The van der Waals surface area contributed by atoms with Gasteiger partial charge in [0.1, 0.15) is 6.07 Å². The first-order chi connectivity index (χ1) is 15.0. The van der Waals surface area contributed by atoms with E-state index in [1.165, 1.54) is 11.3 Å². The van der Waals surface area contributed by atoms with Crippen molar-refractivity contribution >= 4 is 43.8 Å². The van der Waals surface area contributed by atoms with Crippen LogP contribution in [0.2, 0.25) is 5.02 Å². The Balaban J connectivity index is 1.78. The Bertz CT molecular complexity index is 1590. The van der Waals surface area contributed by atoms with E-state index in [9.17, 15) is 10.1 Å². The number of aryl methyl sites for hydroxylation is 1. The van der Waals surface area contributed by atoms with E-state index >= 15 is 0 Å². The summed E-state index contributed by atoms with van der Waals surface area (Å²) in [5.41, 5.74) is 9.28. The minimum Gasteiger partial charge on any atom is -0.325 e. The Hall–Kier alpha value is -3.51. The first kappa shape index (κ1) is 19.5. The Labute approximate surface area is 185 Å². The van der Waals surface area contributed by atoms with Crippen LogP contribution in [0.25, 0.3) is 42.6 Å². The molecule has 0 saturated heterocycles. The number of halogens is 1. The normalized spacial score (nSPS) is 11.3. The lowest BCUT2D eigenvalue weighted by Crippen LogP contribution is -2.13. The molecule has 0 amide bonds. The van der Waals surface area contributed by atoms with Gasteiger partial charge in [0.05, 0.1) is 33.4 Å². The zero-order valence-electron chi connectivity index (χ0n) is 16.3. The summed E-state index contributed by atoms with van der Waals surface area (Å²) in [6.45, 7) is 0.201. The van der Waals surface area contributed by atoms with Crippen molar-refractivity contribution in [2.45, 2.75) is 6.54 Å². The lowest BCUT2D eigenvalue weighted by atomic mass is 9.99. The highest BCUT2D eigenvalue weighted by Gasteiger charge is 2.21. The van der Waals surface area contributed by atoms with Crippen LogP contribution in [0.1, 0.15) is 11.3 Å². The summed E-state index contributed by atoms with van der Waals surface area (Å²) in [5, 5.41) is 23.6. The smallest absolute Gasteiger partial charge is 0.272 e. The molecule has 0 unspecified atom stereocenters. The Morgan fingerprint density at radius 1 is 1.23 bits per heavy atom. The van der Waals surface area contributed by atoms with Gasteiger partial charge in [0, 0.05) is 39.7 Å². The molecule has 3 heterocycles. The number of aromatic amines is 1. The van der Waals surface area contributed by atoms with Gasteiger partial charge in [0.15, 0.2) is 0 Å². The molecule has 2 aromatic carbocycles. The molecule has 5 aromatic rings. The van der Waals surface area contributed by atoms with Crippen molar-refractivity contribution in [2.24, 2.45) is 12.8 Å². The third-order valence-corrected chi connectivity index (χ3v) is 6.68. The summed E-state index contributed by atoms with van der Waals surface area (Å²) < 4.78 is 2.69. The van der Waals surface area contributed by atoms with Crippen LogP contribution >= 0.6 is 22.9 Å². The molecule has 0 bridgehead atoms. The van der Waals surface area contributed by atoms with Gasteiger partial charge in [-0.3, -0.25) is 9.48 Å². The van der Waals surface area contributed by atoms with Gasteiger partial charge in [-0.1, -0.05) is 23.7 Å². The zero-order valence-corrected chi connectivity index (χ0v) is 17.9. The van der Waals surface area contributed by atoms with Crippen LogP contribution in [0.3, 0.4) is 0 Å². The molecular weight excluding hydrogens is 432 g/mol. The van der Waals surface area contributed by atoms with Crippen molar-refractivity contribution in [1.82, 2.24) is 20.0 Å². The van der Waals surface area contributed by atoms with E-state index < -0.39 is 0 Å². The molecule has 0 saturated carbocycles. The number of nitrogens with one attached hydrogen (secondary N) is 1. The maximum atomic E-state index is 12.2. The van der Waals surface area contributed by atoms with Crippen LogP contribution in [0.5, 0.6) is 0 Å². The van der Waals surface area contributed by atoms with Crippen LogP contribution in [0, 0.1) is 11.3 Å². The van der Waals surface area contributed by atoms with Gasteiger partial charge < -0.3 is 5.73 Å². The molecule has 3 N–H and O–H groups in total. The van der Waals surface area contributed by atoms with E-state index in [0.717, 1.165) is 31.8 Å². The number of hydrogen-bond donors (Lipinski definition) is 2. The number of nitriles is 1. The minimum atomic E-state index is -0.265. The van der Waals surface area contributed by atoms with Crippen molar-refractivity contribution in [1.29, 1.82) is 5.26 Å². The van der Waals surface area contributed by atoms with E-state index in [1.54, 1.807) is 23.0 Å². The number of nitrogens with zero attached hydrogens (tertiary/aromatic N) is 4. The van der Waals surface area contributed by atoms with E-state index in [1.807, 2.05) is 31.3 Å². The fourth-order valence-electron chi connectivity index (χ4n) is 3.81. The summed E-state index contributed by atoms with van der Waals surface area (Å²) in [6, 6.07) is 13.4. The summed E-state index contributed by atoms with van der Waals surface area (Å²) in [7, 11) is 1.84. The summed E-state index contributed by atoms with van der Waals surface area (Å²) >= 11 is 7.67. The predicted octanol–water partition coefficient (Wildman–Crippen LogP) is 4.19. The van der Waals surface area contributed by atoms with Gasteiger partial charge in [-0.2, -0.15) is 15.5 Å². The average molecular weight is 447 g/mol. The molecular formula is C22H15ClN6OS. The van der Waals surface area contributed by atoms with E-state index in [-0.39, 0.29) is 12.1 Å². The van der Waals surface area contributed by atoms with Crippen molar-refractivity contribution in [3.63, 3.8) is 0 Å². The maximum Gasteiger partial charge on any atom is 0.272 e. The van der Waals surface area contributed by atoms with E-state index in [0.29, 0.717) is 27.1 Å². The highest BCUT2D eigenvalue weighted by molar-refractivity contribution is 7.22. The molecule has 0 aliphatic carbocycles. The molecule has 0 radical (unpaired) electrons. The fraction of sp³-hybridized carbons (Fsp3) is 0.0909. The number of H-pyrrole nitrogens is 1. The van der Waals surface area contributed by atoms with Crippen molar-refractivity contribution in [3.8, 4) is 27.8 Å². The standard InChI is InChI=1S/C22H15ClN6OS/c1-29-20(21-16(8-24)13-5-3-12(23)7-19(13)31-21)17(10-26-29)11-2-4-14-15(6-11)18(9-25)27-28-22(14)30/h2-7,10H,9,25H2,1H3,(H,28,30). The third kappa shape index (κ3) is 3.02. The Morgan fingerprint density at radius 2 is 2.03 bits per heavy atom. The second-order valence-electron chi connectivity index (χ2n) is 7.05. The lowest BCUT2D eigenvalue weighted by molar-refractivity contribution is 0.777. The number of nitrogens with two attached hydrogens (primary N) is 1. The molecule has 5 rings (SSSR count). The predicted molar refractivity (Wildman–Crippen MR) is 123 cm³/mol. The van der Waals surface area contributed by atoms with Gasteiger partial charge in [0.25, 0.3) is 5.56 Å². The van der Waals surface area contributed by atoms with Crippen molar-refractivity contribution in [3.05, 3.63) is 69.2 Å². The number of fused-ring (bicyclic) bond motifs is 2. The van der Waals surface area contributed by atoms with Gasteiger partial charge in [0.2, 0.25) is 0 Å². The van der Waals surface area contributed by atoms with Crippen LogP contribution < -0.4 is 11.3 Å². The van der Waals surface area contributed by atoms with Crippen molar-refractivity contribution in [2.75, 3.05) is 0 Å². The summed E-state index contributed by atoms with van der Waals surface area (Å²) in [4.78, 5) is 13.0. The first-order valence-electron chi connectivity index (χ1n) is 9.38. The molecule has 9 heteroatoms. The monoisotopic (exact) mass is 446 g/mol. The van der Waals surface area contributed by atoms with Crippen LogP contribution in [0.4, 0.5) is 0 Å². The molecule has 7 nitrogen and oxygen atoms in total. The first-order valence-corrected chi connectivity index (χ1v) is 10.6. The van der Waals surface area contributed by atoms with E-state index in [4.69, 9.17) is 17.3 Å². The summed E-state index contributed by atoms with van der Waals surface area (Å²) in [5.74, 6) is 0. The van der Waals surface area contributed by atoms with Gasteiger partial charge in [-0.05, 0) is 29.8 Å². The maximum absolute atomic E-state index is 12.2. The number of aromatic nitrogens is 4. The molecule has 152 valence electrons. The summed E-state index contributed by atoms with van der Waals surface area (Å²) in [6.07, 6.45) is 1.76. The Kier molecular flexibility index (Phi) is 4.59. The third-order valence-electron chi connectivity index (χ3n) is 5.29. The number of benzene rings is 2. The Morgan fingerprint density at radius 3 is 2.81 bits per heavy atom. The molecule has 31 heavy (non-hydrogen) atoms. The van der Waals surface area contributed by atoms with Gasteiger partial charge >= 0.3 is 0 Å². The molecule has 3 aromatic heterocycles. The molecule has 0 aliphatic heterocycles. The largest absolute Gasteiger partial charge is 0.325 e. The minimum absolute atomic E-state index is 0.201. The number of rotatable bonds is 3. The molecule has 0 fully saturated rings. The molecule has 0 spiro atoms. The average Bonchev–Trinajstić information content (AvgIpc) is 3.32. The number of thiophene rings is 1. The SMILES string of the molecule is Cn1ncc(-c2ccc3c(=O)[nH]nc(CN)c3c2)c1-c1sc2cc(Cl)ccc2c1C#N.